The molecule has 0 unspecified atom stereocenters. The Morgan fingerprint density at radius 3 is 1.46 bits per heavy atom. The monoisotopic (exact) mass is 772 g/mol. The van der Waals surface area contributed by atoms with Crippen molar-refractivity contribution >= 4 is 119 Å². The summed E-state index contributed by atoms with van der Waals surface area (Å²) in [4.78, 5) is 10.4. The highest BCUT2D eigenvalue weighted by molar-refractivity contribution is 6.43. The van der Waals surface area contributed by atoms with Crippen LogP contribution >= 0.6 is 0 Å². The van der Waals surface area contributed by atoms with Crippen LogP contribution in [0.2, 0.25) is 0 Å². The van der Waals surface area contributed by atoms with Gasteiger partial charge in [-0.2, -0.15) is 0 Å². The maximum atomic E-state index is 5.27. The zero-order valence-corrected chi connectivity index (χ0v) is 34.0. The fraction of sp³-hybridized carbons (Fsp3) is 0.0508. The van der Waals surface area contributed by atoms with Crippen LogP contribution in [0.1, 0.15) is 17.0 Å². The van der Waals surface area contributed by atoms with E-state index in [0.717, 1.165) is 33.2 Å². The number of benzene rings is 12. The molecular weight excluding hydrogens is 737 g/mol. The molecule has 282 valence electrons. The van der Waals surface area contributed by atoms with Crippen molar-refractivity contribution in [3.63, 3.8) is 0 Å². The van der Waals surface area contributed by atoms with Gasteiger partial charge in [-0.25, -0.2) is 0 Å². The molecule has 2 aromatic heterocycles. The number of aryl methyl sites for hydroxylation is 3. The van der Waals surface area contributed by atoms with Gasteiger partial charge in [0.2, 0.25) is 0 Å². The van der Waals surface area contributed by atoms with E-state index in [4.69, 9.17) is 9.97 Å². The lowest BCUT2D eigenvalue weighted by molar-refractivity contribution is 1.23. The van der Waals surface area contributed by atoms with E-state index in [1.165, 1.54) is 125 Å². The Bertz CT molecular complexity index is 4250. The number of hydrogen-bond donors (Lipinski definition) is 0. The molecule has 14 aromatic rings. The van der Waals surface area contributed by atoms with Crippen LogP contribution in [0.25, 0.3) is 141 Å². The van der Waals surface area contributed by atoms with Crippen molar-refractivity contribution in [2.24, 2.45) is 0 Å². The van der Waals surface area contributed by atoms with Crippen molar-refractivity contribution in [2.45, 2.75) is 20.8 Å². The standard InChI is InChI=1S/C59H36N2/c1-31-17-24-42-46(29-39-14-6-11-34-23-26-41(31)53(42)50(34)39)54-48-27-37-9-4-5-10-38(37)28-49(48)55(47-30-40-20-18-32(2)60-58(40)59-43(47)25-19-33(3)61-59)57-45-16-8-13-36-22-21-35-12-7-15-44(56(54)57)51(35)52(36)45/h4-30H,1-3H3. The molecule has 0 atom stereocenters. The van der Waals surface area contributed by atoms with Crippen LogP contribution in [0.3, 0.4) is 0 Å². The quantitative estimate of drug-likeness (QED) is 0.129. The second-order valence-corrected chi connectivity index (χ2v) is 17.3. The molecule has 0 aliphatic carbocycles. The third kappa shape index (κ3) is 4.36. The van der Waals surface area contributed by atoms with Crippen molar-refractivity contribution in [1.29, 1.82) is 0 Å². The first-order valence-corrected chi connectivity index (χ1v) is 21.3. The first kappa shape index (κ1) is 33.2. The molecule has 0 radical (unpaired) electrons. The number of nitrogens with zero attached hydrogens (tertiary/aromatic N) is 2. The summed E-state index contributed by atoms with van der Waals surface area (Å²) < 4.78 is 0. The van der Waals surface area contributed by atoms with Crippen LogP contribution in [-0.2, 0) is 0 Å². The Balaban J connectivity index is 1.33. The fourth-order valence-corrected chi connectivity index (χ4v) is 11.3. The average molecular weight is 773 g/mol. The van der Waals surface area contributed by atoms with Crippen LogP contribution in [0.4, 0.5) is 0 Å². The number of rotatable bonds is 2. The fourth-order valence-electron chi connectivity index (χ4n) is 11.3. The van der Waals surface area contributed by atoms with Gasteiger partial charge >= 0.3 is 0 Å². The van der Waals surface area contributed by atoms with Crippen LogP contribution < -0.4 is 0 Å². The number of hydrogen-bond acceptors (Lipinski definition) is 2. The smallest absolute Gasteiger partial charge is 0.0974 e. The van der Waals surface area contributed by atoms with Gasteiger partial charge in [-0.3, -0.25) is 9.97 Å². The van der Waals surface area contributed by atoms with Crippen LogP contribution in [-0.4, -0.2) is 9.97 Å². The first-order chi connectivity index (χ1) is 30.0. The predicted octanol–water partition coefficient (Wildman–Crippen LogP) is 16.3. The Labute approximate surface area is 351 Å². The first-order valence-electron chi connectivity index (χ1n) is 21.3. The van der Waals surface area contributed by atoms with Gasteiger partial charge in [0.1, 0.15) is 0 Å². The third-order valence-corrected chi connectivity index (χ3v) is 13.9. The van der Waals surface area contributed by atoms with Gasteiger partial charge in [-0.05, 0) is 182 Å². The molecule has 0 N–H and O–H groups in total. The summed E-state index contributed by atoms with van der Waals surface area (Å²) in [6.07, 6.45) is 0. The summed E-state index contributed by atoms with van der Waals surface area (Å²) in [6.45, 7) is 6.41. The average Bonchev–Trinajstić information content (AvgIpc) is 3.29. The highest BCUT2D eigenvalue weighted by Crippen LogP contribution is 2.55. The maximum Gasteiger partial charge on any atom is 0.0974 e. The number of pyridine rings is 2. The second-order valence-electron chi connectivity index (χ2n) is 17.3. The molecule has 0 fully saturated rings. The van der Waals surface area contributed by atoms with E-state index >= 15 is 0 Å². The SMILES string of the molecule is Cc1ccc2cc(-c3c4cc5ccccc5cc4c(-c4cc5cccc6ccc7c(C)ccc4c7c65)c4c5cccc6ccc7cccc(c34)c7c65)c3ccc(C)nc3c2n1. The van der Waals surface area contributed by atoms with Gasteiger partial charge in [-0.1, -0.05) is 127 Å². The second kappa shape index (κ2) is 11.7. The zero-order chi connectivity index (χ0) is 40.2. The van der Waals surface area contributed by atoms with E-state index in [0.29, 0.717) is 0 Å². The third-order valence-electron chi connectivity index (χ3n) is 13.9. The highest BCUT2D eigenvalue weighted by Gasteiger charge is 2.27. The lowest BCUT2D eigenvalue weighted by Gasteiger charge is -2.25. The lowest BCUT2D eigenvalue weighted by Crippen LogP contribution is -1.98. The Hall–Kier alpha value is -7.68. The van der Waals surface area contributed by atoms with E-state index in [1.54, 1.807) is 0 Å². The molecule has 0 spiro atoms. The number of aromatic nitrogens is 2. The van der Waals surface area contributed by atoms with Gasteiger partial charge in [0.15, 0.2) is 0 Å². The van der Waals surface area contributed by atoms with Gasteiger partial charge in [0, 0.05) is 22.2 Å². The molecule has 0 saturated carbocycles. The van der Waals surface area contributed by atoms with Crippen molar-refractivity contribution in [2.75, 3.05) is 0 Å². The maximum absolute atomic E-state index is 5.27. The van der Waals surface area contributed by atoms with E-state index in [1.807, 2.05) is 0 Å². The van der Waals surface area contributed by atoms with Crippen LogP contribution in [0, 0.1) is 20.8 Å². The van der Waals surface area contributed by atoms with E-state index in [-0.39, 0.29) is 0 Å². The van der Waals surface area contributed by atoms with Crippen molar-refractivity contribution in [3.05, 3.63) is 181 Å². The van der Waals surface area contributed by atoms with Crippen molar-refractivity contribution in [3.8, 4) is 22.3 Å². The minimum atomic E-state index is 0.946. The summed E-state index contributed by atoms with van der Waals surface area (Å²) in [5.41, 5.74) is 10.1. The summed E-state index contributed by atoms with van der Waals surface area (Å²) in [5.74, 6) is 0. The molecule has 2 heteroatoms. The van der Waals surface area contributed by atoms with Gasteiger partial charge < -0.3 is 0 Å². The van der Waals surface area contributed by atoms with E-state index in [2.05, 4.69) is 185 Å². The van der Waals surface area contributed by atoms with Gasteiger partial charge in [0.25, 0.3) is 0 Å². The molecule has 0 amide bonds. The Kier molecular flexibility index (Phi) is 6.39. The number of fused-ring (bicyclic) bond motifs is 8. The van der Waals surface area contributed by atoms with Crippen LogP contribution in [0.5, 0.6) is 0 Å². The molecule has 61 heavy (non-hydrogen) atoms. The Morgan fingerprint density at radius 1 is 0.279 bits per heavy atom. The van der Waals surface area contributed by atoms with E-state index in [9.17, 15) is 0 Å². The Morgan fingerprint density at radius 2 is 0.770 bits per heavy atom. The van der Waals surface area contributed by atoms with Crippen molar-refractivity contribution < 1.29 is 0 Å². The minimum absolute atomic E-state index is 0.946. The molecule has 0 aliphatic rings. The summed E-state index contributed by atoms with van der Waals surface area (Å²) in [6, 6.07) is 62.2. The molecule has 0 bridgehead atoms. The summed E-state index contributed by atoms with van der Waals surface area (Å²) in [7, 11) is 0. The van der Waals surface area contributed by atoms with Crippen LogP contribution in [0.15, 0.2) is 164 Å². The van der Waals surface area contributed by atoms with Crippen molar-refractivity contribution in [1.82, 2.24) is 9.97 Å². The molecule has 0 aliphatic heterocycles. The molecule has 14 rings (SSSR count). The highest BCUT2D eigenvalue weighted by atomic mass is 14.8. The van der Waals surface area contributed by atoms with Gasteiger partial charge in [-0.15, -0.1) is 0 Å². The lowest BCUT2D eigenvalue weighted by atomic mass is 9.77. The van der Waals surface area contributed by atoms with Gasteiger partial charge in [0.05, 0.1) is 11.0 Å². The molecule has 2 heterocycles. The predicted molar refractivity (Wildman–Crippen MR) is 262 cm³/mol. The minimum Gasteiger partial charge on any atom is -0.251 e. The molecule has 0 saturated heterocycles. The van der Waals surface area contributed by atoms with E-state index < -0.39 is 0 Å². The topological polar surface area (TPSA) is 25.8 Å². The molecule has 12 aromatic carbocycles. The largest absolute Gasteiger partial charge is 0.251 e. The zero-order valence-electron chi connectivity index (χ0n) is 34.0. The normalized spacial score (nSPS) is 12.5. The summed E-state index contributed by atoms with van der Waals surface area (Å²) in [5, 5.41) is 25.2. The molecule has 2 nitrogen and oxygen atoms in total. The summed E-state index contributed by atoms with van der Waals surface area (Å²) >= 11 is 0. The molecular formula is C59H36N2.